The highest BCUT2D eigenvalue weighted by molar-refractivity contribution is 9.10. The Kier molecular flexibility index (Phi) is 3.47. The molecule has 21 heavy (non-hydrogen) atoms. The van der Waals surface area contributed by atoms with E-state index in [4.69, 9.17) is 5.11 Å². The predicted molar refractivity (Wildman–Crippen MR) is 80.7 cm³/mol. The number of hydrogen-bond acceptors (Lipinski definition) is 3. The first kappa shape index (κ1) is 13.8. The van der Waals surface area contributed by atoms with E-state index in [-0.39, 0.29) is 11.5 Å². The van der Waals surface area contributed by atoms with Crippen LogP contribution < -0.4 is 4.90 Å². The van der Waals surface area contributed by atoms with Crippen LogP contribution >= 0.6 is 15.9 Å². The van der Waals surface area contributed by atoms with Crippen molar-refractivity contribution in [2.24, 2.45) is 0 Å². The molecule has 106 valence electrons. The fourth-order valence-corrected chi connectivity index (χ4v) is 2.84. The normalized spacial score (nSPS) is 13.1. The van der Waals surface area contributed by atoms with E-state index in [0.717, 1.165) is 11.3 Å². The number of halogens is 1. The minimum Gasteiger partial charge on any atom is -0.478 e. The fraction of sp³-hybridized carbons (Fsp3) is 0.133. The maximum atomic E-state index is 12.6. The van der Waals surface area contributed by atoms with E-state index in [2.05, 4.69) is 20.9 Å². The lowest BCUT2D eigenvalue weighted by Crippen LogP contribution is -2.29. The molecule has 0 aliphatic carbocycles. The van der Waals surface area contributed by atoms with Crippen molar-refractivity contribution in [1.82, 2.24) is 4.98 Å². The zero-order chi connectivity index (χ0) is 15.0. The van der Waals surface area contributed by atoms with Gasteiger partial charge >= 0.3 is 5.97 Å². The lowest BCUT2D eigenvalue weighted by molar-refractivity contribution is 0.0696. The number of aromatic carboxylic acids is 1. The first-order valence-corrected chi connectivity index (χ1v) is 7.16. The highest BCUT2D eigenvalue weighted by Gasteiger charge is 2.28. The molecule has 0 saturated heterocycles. The van der Waals surface area contributed by atoms with Crippen molar-refractivity contribution in [2.45, 2.75) is 6.42 Å². The fourth-order valence-electron chi connectivity index (χ4n) is 2.42. The van der Waals surface area contributed by atoms with E-state index in [1.807, 2.05) is 0 Å². The Morgan fingerprint density at radius 2 is 2.10 bits per heavy atom. The van der Waals surface area contributed by atoms with Gasteiger partial charge in [0.2, 0.25) is 0 Å². The molecule has 1 aliphatic rings. The van der Waals surface area contributed by atoms with Crippen molar-refractivity contribution in [2.75, 3.05) is 11.4 Å². The van der Waals surface area contributed by atoms with Gasteiger partial charge in [0.05, 0.1) is 5.56 Å². The van der Waals surface area contributed by atoms with Gasteiger partial charge in [0.25, 0.3) is 5.91 Å². The molecule has 5 nitrogen and oxygen atoms in total. The summed E-state index contributed by atoms with van der Waals surface area (Å²) in [5.74, 6) is -1.15. The van der Waals surface area contributed by atoms with Crippen molar-refractivity contribution in [3.05, 3.63) is 57.8 Å². The van der Waals surface area contributed by atoms with Gasteiger partial charge in [-0.15, -0.1) is 0 Å². The lowest BCUT2D eigenvalue weighted by atomic mass is 10.1. The second kappa shape index (κ2) is 5.29. The van der Waals surface area contributed by atoms with Crippen LogP contribution in [0.3, 0.4) is 0 Å². The number of carboxylic acid groups (broad SMARTS) is 1. The highest BCUT2D eigenvalue weighted by atomic mass is 79.9. The topological polar surface area (TPSA) is 70.5 Å². The van der Waals surface area contributed by atoms with Crippen LogP contribution in [0.15, 0.2) is 41.0 Å². The van der Waals surface area contributed by atoms with Crippen molar-refractivity contribution < 1.29 is 14.7 Å². The SMILES string of the molecule is O=C(O)c1ccc2c(c1)CCN2C(=O)c1ncccc1Br. The summed E-state index contributed by atoms with van der Waals surface area (Å²) >= 11 is 3.33. The molecule has 0 spiro atoms. The number of carbonyl (C=O) groups is 2. The van der Waals surface area contributed by atoms with E-state index in [1.54, 1.807) is 35.4 Å². The summed E-state index contributed by atoms with van der Waals surface area (Å²) in [4.78, 5) is 29.3. The van der Waals surface area contributed by atoms with Crippen molar-refractivity contribution in [3.8, 4) is 0 Å². The number of nitrogens with zero attached hydrogens (tertiary/aromatic N) is 2. The van der Waals surface area contributed by atoms with Crippen molar-refractivity contribution in [1.29, 1.82) is 0 Å². The molecule has 0 unspecified atom stereocenters. The Morgan fingerprint density at radius 1 is 1.29 bits per heavy atom. The van der Waals surface area contributed by atoms with Crippen LogP contribution in [-0.2, 0) is 6.42 Å². The van der Waals surface area contributed by atoms with Crippen LogP contribution in [-0.4, -0.2) is 28.5 Å². The summed E-state index contributed by atoms with van der Waals surface area (Å²) in [6.45, 7) is 0.528. The molecule has 2 aromatic rings. The van der Waals surface area contributed by atoms with Gasteiger partial charge in [-0.25, -0.2) is 9.78 Å². The molecule has 0 saturated carbocycles. The summed E-state index contributed by atoms with van der Waals surface area (Å²) in [7, 11) is 0. The molecule has 0 fully saturated rings. The number of fused-ring (bicyclic) bond motifs is 1. The summed E-state index contributed by atoms with van der Waals surface area (Å²) in [5, 5.41) is 9.01. The number of rotatable bonds is 2. The third kappa shape index (κ3) is 2.42. The number of carboxylic acids is 1. The minimum atomic E-state index is -0.963. The average molecular weight is 347 g/mol. The van der Waals surface area contributed by atoms with Gasteiger partial charge < -0.3 is 10.0 Å². The van der Waals surface area contributed by atoms with Crippen molar-refractivity contribution >= 4 is 33.5 Å². The van der Waals surface area contributed by atoms with Crippen LogP contribution in [0.4, 0.5) is 5.69 Å². The van der Waals surface area contributed by atoms with Crippen LogP contribution in [0.2, 0.25) is 0 Å². The zero-order valence-corrected chi connectivity index (χ0v) is 12.5. The van der Waals surface area contributed by atoms with E-state index >= 15 is 0 Å². The summed E-state index contributed by atoms with van der Waals surface area (Å²) in [5.41, 5.74) is 2.22. The van der Waals surface area contributed by atoms with Crippen LogP contribution in [0, 0.1) is 0 Å². The lowest BCUT2D eigenvalue weighted by Gasteiger charge is -2.17. The monoisotopic (exact) mass is 346 g/mol. The van der Waals surface area contributed by atoms with Gasteiger partial charge in [0.15, 0.2) is 0 Å². The molecule has 3 rings (SSSR count). The van der Waals surface area contributed by atoms with Gasteiger partial charge in [-0.1, -0.05) is 0 Å². The summed E-state index contributed by atoms with van der Waals surface area (Å²) < 4.78 is 0.644. The summed E-state index contributed by atoms with van der Waals surface area (Å²) in [6.07, 6.45) is 2.22. The van der Waals surface area contributed by atoms with Crippen LogP contribution in [0.25, 0.3) is 0 Å². The molecule has 6 heteroatoms. The molecule has 1 aromatic heterocycles. The van der Waals surface area contributed by atoms with E-state index in [0.29, 0.717) is 23.1 Å². The minimum absolute atomic E-state index is 0.190. The molecule has 1 aliphatic heterocycles. The summed E-state index contributed by atoms with van der Waals surface area (Å²) in [6, 6.07) is 8.34. The van der Waals surface area contributed by atoms with Crippen LogP contribution in [0.5, 0.6) is 0 Å². The number of amides is 1. The molecule has 0 bridgehead atoms. The average Bonchev–Trinajstić information content (AvgIpc) is 2.90. The molecule has 0 radical (unpaired) electrons. The smallest absolute Gasteiger partial charge is 0.335 e. The Balaban J connectivity index is 1.96. The Bertz CT molecular complexity index is 745. The third-order valence-electron chi connectivity index (χ3n) is 3.43. The second-order valence-corrected chi connectivity index (χ2v) is 5.54. The van der Waals surface area contributed by atoms with Gasteiger partial charge in [0, 0.05) is 22.9 Å². The second-order valence-electron chi connectivity index (χ2n) is 4.69. The number of aromatic nitrogens is 1. The van der Waals surface area contributed by atoms with Crippen molar-refractivity contribution in [3.63, 3.8) is 0 Å². The molecular formula is C15H11BrN2O3. The quantitative estimate of drug-likeness (QED) is 0.907. The third-order valence-corrected chi connectivity index (χ3v) is 4.07. The maximum absolute atomic E-state index is 12.6. The molecule has 1 N–H and O–H groups in total. The number of hydrogen-bond donors (Lipinski definition) is 1. The first-order valence-electron chi connectivity index (χ1n) is 6.36. The number of carbonyl (C=O) groups excluding carboxylic acids is 1. The molecule has 1 aromatic carbocycles. The van der Waals surface area contributed by atoms with E-state index in [9.17, 15) is 9.59 Å². The van der Waals surface area contributed by atoms with Crippen LogP contribution in [0.1, 0.15) is 26.4 Å². The molecular weight excluding hydrogens is 336 g/mol. The van der Waals surface area contributed by atoms with Gasteiger partial charge in [-0.2, -0.15) is 0 Å². The Labute approximate surface area is 129 Å². The number of benzene rings is 1. The van der Waals surface area contributed by atoms with E-state index in [1.165, 1.54) is 6.07 Å². The number of anilines is 1. The zero-order valence-electron chi connectivity index (χ0n) is 10.9. The maximum Gasteiger partial charge on any atom is 0.335 e. The largest absolute Gasteiger partial charge is 0.478 e. The molecule has 1 amide bonds. The molecule has 2 heterocycles. The first-order chi connectivity index (χ1) is 10.1. The van der Waals surface area contributed by atoms with Gasteiger partial charge in [-0.05, 0) is 58.2 Å². The number of pyridine rings is 1. The van der Waals surface area contributed by atoms with E-state index < -0.39 is 5.97 Å². The Hall–Kier alpha value is -2.21. The van der Waals surface area contributed by atoms with Gasteiger partial charge in [-0.3, -0.25) is 4.79 Å². The predicted octanol–water partition coefficient (Wildman–Crippen LogP) is 2.75. The van der Waals surface area contributed by atoms with Gasteiger partial charge in [0.1, 0.15) is 5.69 Å². The molecule has 0 atom stereocenters. The Morgan fingerprint density at radius 3 is 2.81 bits per heavy atom. The highest BCUT2D eigenvalue weighted by Crippen LogP contribution is 2.31. The standard InChI is InChI=1S/C15H11BrN2O3/c16-11-2-1-6-17-13(11)14(19)18-7-5-9-8-10(15(20)21)3-4-12(9)18/h1-4,6,8H,5,7H2,(H,20,21).